The van der Waals surface area contributed by atoms with Crippen LogP contribution in [0.25, 0.3) is 10.9 Å². The Balaban J connectivity index is 0.000000170. The summed E-state index contributed by atoms with van der Waals surface area (Å²) in [5.74, 6) is -1.43. The number of anilines is 1. The summed E-state index contributed by atoms with van der Waals surface area (Å²) >= 11 is 0. The van der Waals surface area contributed by atoms with Crippen molar-refractivity contribution in [2.45, 2.75) is 44.8 Å². The van der Waals surface area contributed by atoms with Crippen LogP contribution in [0.2, 0.25) is 0 Å². The summed E-state index contributed by atoms with van der Waals surface area (Å²) < 4.78 is 76.1. The molecule has 2 aliphatic rings. The molecule has 1 aromatic heterocycles. The smallest absolute Gasteiger partial charge is 0.251 e. The lowest BCUT2D eigenvalue weighted by molar-refractivity contribution is 0.0597. The first-order chi connectivity index (χ1) is 17.2. The van der Waals surface area contributed by atoms with Gasteiger partial charge in [0.15, 0.2) is 0 Å². The minimum atomic E-state index is -2.33. The number of halogens is 6. The van der Waals surface area contributed by atoms with E-state index in [1.54, 1.807) is 11.0 Å². The topological polar surface area (TPSA) is 34.3 Å². The molecule has 0 aliphatic carbocycles. The first-order valence-corrected chi connectivity index (χ1v) is 12.0. The van der Waals surface area contributed by atoms with Crippen molar-refractivity contribution < 1.29 is 26.3 Å². The lowest BCUT2D eigenvalue weighted by atomic mass is 9.98. The Labute approximate surface area is 206 Å². The Bertz CT molecular complexity index is 1140. The molecule has 0 radical (unpaired) electrons. The maximum atomic E-state index is 13.3. The molecule has 5 rings (SSSR count). The molecular formula is C26H30F6N4. The molecule has 2 aliphatic heterocycles. The molecule has 1 unspecified atom stereocenters. The molecule has 196 valence electrons. The fraction of sp³-hybridized carbons (Fsp3) is 0.462. The van der Waals surface area contributed by atoms with E-state index >= 15 is 0 Å². The lowest BCUT2D eigenvalue weighted by Gasteiger charge is -2.40. The standard InChI is InChI=1S/C14H15F3N2.C12H15F3N2/c1-8-4-10-11-5-9(15)2-3-12(11)18-13(10)6-19(8)7-14(16)17;13-2-1-3-17-7-12(8-17)16-11-5-9(14)4-10(15)6-11/h2-3,5,8,14,18H,4,6-7H2,1H3;4-6,12,16H,1-3,7-8H2. The lowest BCUT2D eigenvalue weighted by Crippen LogP contribution is -2.54. The van der Waals surface area contributed by atoms with Crippen molar-refractivity contribution in [3.05, 3.63) is 65.1 Å². The monoisotopic (exact) mass is 512 g/mol. The van der Waals surface area contributed by atoms with E-state index in [1.165, 1.54) is 24.3 Å². The van der Waals surface area contributed by atoms with E-state index in [-0.39, 0.29) is 31.1 Å². The van der Waals surface area contributed by atoms with Gasteiger partial charge in [-0.05, 0) is 55.7 Å². The van der Waals surface area contributed by atoms with Gasteiger partial charge in [-0.1, -0.05) is 0 Å². The molecule has 4 nitrogen and oxygen atoms in total. The van der Waals surface area contributed by atoms with E-state index in [2.05, 4.69) is 15.2 Å². The molecule has 0 amide bonds. The van der Waals surface area contributed by atoms with E-state index < -0.39 is 18.1 Å². The van der Waals surface area contributed by atoms with Gasteiger partial charge in [-0.3, -0.25) is 14.2 Å². The minimum Gasteiger partial charge on any atom is -0.380 e. The Morgan fingerprint density at radius 3 is 2.42 bits per heavy atom. The summed E-state index contributed by atoms with van der Waals surface area (Å²) in [6, 6.07) is 8.25. The van der Waals surface area contributed by atoms with E-state index in [1.807, 2.05) is 6.92 Å². The second kappa shape index (κ2) is 11.6. The number of alkyl halides is 3. The molecule has 3 aromatic rings. The predicted octanol–water partition coefficient (Wildman–Crippen LogP) is 5.74. The van der Waals surface area contributed by atoms with Crippen molar-refractivity contribution in [1.29, 1.82) is 0 Å². The third-order valence-corrected chi connectivity index (χ3v) is 6.61. The van der Waals surface area contributed by atoms with Gasteiger partial charge in [0.05, 0.1) is 19.3 Å². The molecule has 0 saturated carbocycles. The van der Waals surface area contributed by atoms with Crippen molar-refractivity contribution in [3.63, 3.8) is 0 Å². The Morgan fingerprint density at radius 2 is 1.75 bits per heavy atom. The average molecular weight is 513 g/mol. The van der Waals surface area contributed by atoms with Crippen molar-refractivity contribution in [1.82, 2.24) is 14.8 Å². The zero-order valence-corrected chi connectivity index (χ0v) is 20.0. The highest BCUT2D eigenvalue weighted by atomic mass is 19.3. The first-order valence-electron chi connectivity index (χ1n) is 12.0. The van der Waals surface area contributed by atoms with E-state index in [4.69, 9.17) is 0 Å². The van der Waals surface area contributed by atoms with Gasteiger partial charge in [0.2, 0.25) is 0 Å². The van der Waals surface area contributed by atoms with Crippen LogP contribution in [0.15, 0.2) is 36.4 Å². The number of hydrogen-bond acceptors (Lipinski definition) is 3. The summed E-state index contributed by atoms with van der Waals surface area (Å²) in [6.45, 7) is 4.21. The second-order valence-corrected chi connectivity index (χ2v) is 9.45. The average Bonchev–Trinajstić information content (AvgIpc) is 3.11. The van der Waals surface area contributed by atoms with Gasteiger partial charge in [0.1, 0.15) is 17.5 Å². The summed E-state index contributed by atoms with van der Waals surface area (Å²) in [5.41, 5.74) is 3.32. The molecule has 1 atom stereocenters. The number of rotatable bonds is 7. The first kappa shape index (κ1) is 26.3. The van der Waals surface area contributed by atoms with E-state index in [0.29, 0.717) is 25.1 Å². The van der Waals surface area contributed by atoms with Crippen LogP contribution in [0.4, 0.5) is 32.0 Å². The van der Waals surface area contributed by atoms with E-state index in [9.17, 15) is 26.3 Å². The van der Waals surface area contributed by atoms with Crippen LogP contribution in [0.1, 0.15) is 24.6 Å². The minimum absolute atomic E-state index is 0.0452. The number of H-pyrrole nitrogens is 1. The maximum absolute atomic E-state index is 13.3. The number of aromatic amines is 1. The maximum Gasteiger partial charge on any atom is 0.251 e. The van der Waals surface area contributed by atoms with Crippen LogP contribution < -0.4 is 5.32 Å². The fourth-order valence-electron chi connectivity index (χ4n) is 4.85. The van der Waals surface area contributed by atoms with Crippen LogP contribution in [-0.2, 0) is 13.0 Å². The molecule has 36 heavy (non-hydrogen) atoms. The van der Waals surface area contributed by atoms with Crippen molar-refractivity contribution in [3.8, 4) is 0 Å². The number of benzene rings is 2. The van der Waals surface area contributed by atoms with Gasteiger partial charge in [0.25, 0.3) is 6.43 Å². The predicted molar refractivity (Wildman–Crippen MR) is 129 cm³/mol. The Morgan fingerprint density at radius 1 is 1.03 bits per heavy atom. The normalized spacial score (nSPS) is 18.6. The highest BCUT2D eigenvalue weighted by Gasteiger charge is 2.28. The third kappa shape index (κ3) is 6.53. The van der Waals surface area contributed by atoms with Crippen LogP contribution in [0, 0.1) is 17.5 Å². The molecule has 3 heterocycles. The molecule has 10 heteroatoms. The molecule has 0 bridgehead atoms. The van der Waals surface area contributed by atoms with Crippen LogP contribution in [-0.4, -0.2) is 66.1 Å². The number of nitrogens with one attached hydrogen (secondary N) is 2. The summed E-state index contributed by atoms with van der Waals surface area (Å²) in [7, 11) is 0. The van der Waals surface area contributed by atoms with Gasteiger partial charge in [-0.25, -0.2) is 22.0 Å². The van der Waals surface area contributed by atoms with Crippen LogP contribution in [0.3, 0.4) is 0 Å². The third-order valence-electron chi connectivity index (χ3n) is 6.61. The quantitative estimate of drug-likeness (QED) is 0.397. The zero-order chi connectivity index (χ0) is 25.8. The largest absolute Gasteiger partial charge is 0.380 e. The van der Waals surface area contributed by atoms with Crippen molar-refractivity contribution in [2.75, 3.05) is 38.2 Å². The summed E-state index contributed by atoms with van der Waals surface area (Å²) in [6.07, 6.45) is -1.11. The SMILES string of the molecule is CC1Cc2c([nH]c3ccc(F)cc23)CN1CC(F)F.FCCCN1CC(Nc2cc(F)cc(F)c2)C1. The molecular weight excluding hydrogens is 482 g/mol. The Hall–Kier alpha value is -2.72. The number of likely N-dealkylation sites (tertiary alicyclic amines) is 1. The highest BCUT2D eigenvalue weighted by Crippen LogP contribution is 2.31. The zero-order valence-electron chi connectivity index (χ0n) is 20.0. The molecule has 1 fully saturated rings. The molecule has 2 N–H and O–H groups in total. The number of nitrogens with zero attached hydrogens (tertiary/aromatic N) is 2. The molecule has 2 aromatic carbocycles. The summed E-state index contributed by atoms with van der Waals surface area (Å²) in [4.78, 5) is 7.08. The molecule has 0 spiro atoms. The van der Waals surface area contributed by atoms with Gasteiger partial charge in [-0.15, -0.1) is 0 Å². The number of hydrogen-bond donors (Lipinski definition) is 2. The van der Waals surface area contributed by atoms with Gasteiger partial charge >= 0.3 is 0 Å². The van der Waals surface area contributed by atoms with Crippen LogP contribution in [0.5, 0.6) is 0 Å². The molecule has 1 saturated heterocycles. The van der Waals surface area contributed by atoms with Crippen LogP contribution >= 0.6 is 0 Å². The number of aromatic nitrogens is 1. The second-order valence-electron chi connectivity index (χ2n) is 9.45. The van der Waals surface area contributed by atoms with E-state index in [0.717, 1.165) is 47.9 Å². The van der Waals surface area contributed by atoms with Gasteiger partial charge in [-0.2, -0.15) is 0 Å². The van der Waals surface area contributed by atoms with Gasteiger partial charge in [0, 0.05) is 60.6 Å². The highest BCUT2D eigenvalue weighted by molar-refractivity contribution is 5.85. The number of fused-ring (bicyclic) bond motifs is 3. The summed E-state index contributed by atoms with van der Waals surface area (Å²) in [5, 5.41) is 3.92. The van der Waals surface area contributed by atoms with Gasteiger partial charge < -0.3 is 10.3 Å². The van der Waals surface area contributed by atoms with Crippen molar-refractivity contribution >= 4 is 16.6 Å². The van der Waals surface area contributed by atoms with Crippen molar-refractivity contribution in [2.24, 2.45) is 0 Å². The Kier molecular flexibility index (Phi) is 8.46. The fourth-order valence-corrected chi connectivity index (χ4v) is 4.85.